The molecule has 1 heterocycles. The first kappa shape index (κ1) is 23.4. The molecule has 9 nitrogen and oxygen atoms in total. The molecule has 1 saturated heterocycles. The molecule has 0 spiro atoms. The third-order valence-corrected chi connectivity index (χ3v) is 7.29. The fourth-order valence-electron chi connectivity index (χ4n) is 3.68. The van der Waals surface area contributed by atoms with Gasteiger partial charge in [0, 0.05) is 18.5 Å². The van der Waals surface area contributed by atoms with Crippen molar-refractivity contribution in [1.82, 2.24) is 9.62 Å². The van der Waals surface area contributed by atoms with Gasteiger partial charge >= 0.3 is 5.97 Å². The number of nitrogen functional groups attached to an aromatic ring is 1. The van der Waals surface area contributed by atoms with Crippen molar-refractivity contribution in [3.05, 3.63) is 65.7 Å². The molecule has 32 heavy (non-hydrogen) atoms. The molecule has 2 aromatic carbocycles. The van der Waals surface area contributed by atoms with Crippen LogP contribution in [0.15, 0.2) is 59.5 Å². The number of amides is 1. The lowest BCUT2D eigenvalue weighted by Gasteiger charge is -2.25. The number of esters is 1. The highest BCUT2D eigenvalue weighted by molar-refractivity contribution is 7.89. The lowest BCUT2D eigenvalue weighted by atomic mass is 10.1. The van der Waals surface area contributed by atoms with Gasteiger partial charge in [0.05, 0.1) is 12.0 Å². The minimum atomic E-state index is -3.95. The Labute approximate surface area is 187 Å². The normalized spacial score (nSPS) is 17.5. The largest absolute Gasteiger partial charge is 0.467 e. The second-order valence-corrected chi connectivity index (χ2v) is 9.38. The van der Waals surface area contributed by atoms with Crippen molar-refractivity contribution in [2.45, 2.75) is 36.2 Å². The second kappa shape index (κ2) is 9.92. The number of amidine groups is 1. The van der Waals surface area contributed by atoms with Crippen molar-refractivity contribution in [2.24, 2.45) is 5.73 Å². The van der Waals surface area contributed by atoms with Crippen molar-refractivity contribution >= 4 is 27.7 Å². The number of rotatable bonds is 8. The molecule has 0 saturated carbocycles. The lowest BCUT2D eigenvalue weighted by molar-refractivity contribution is -0.145. The molecule has 2 aromatic rings. The third kappa shape index (κ3) is 5.14. The summed E-state index contributed by atoms with van der Waals surface area (Å²) in [7, 11) is -2.71. The molecule has 2 atom stereocenters. The maximum atomic E-state index is 13.2. The predicted octanol–water partition coefficient (Wildman–Crippen LogP) is 1.02. The van der Waals surface area contributed by atoms with Gasteiger partial charge in [-0.2, -0.15) is 4.31 Å². The molecular formula is C22H26N4O5S. The van der Waals surface area contributed by atoms with Crippen LogP contribution in [0.4, 0.5) is 0 Å². The fourth-order valence-corrected chi connectivity index (χ4v) is 5.34. The van der Waals surface area contributed by atoms with Crippen molar-refractivity contribution < 1.29 is 22.7 Å². The highest BCUT2D eigenvalue weighted by Gasteiger charge is 2.40. The number of hydrogen-bond donors (Lipinski definition) is 3. The number of sulfonamides is 1. The first-order valence-corrected chi connectivity index (χ1v) is 11.6. The average Bonchev–Trinajstić information content (AvgIpc) is 3.30. The van der Waals surface area contributed by atoms with Crippen LogP contribution in [0.2, 0.25) is 0 Å². The Morgan fingerprint density at radius 1 is 1.19 bits per heavy atom. The van der Waals surface area contributed by atoms with E-state index < -0.39 is 34.0 Å². The van der Waals surface area contributed by atoms with Crippen molar-refractivity contribution in [3.63, 3.8) is 0 Å². The highest BCUT2D eigenvalue weighted by atomic mass is 32.2. The van der Waals surface area contributed by atoms with Gasteiger partial charge in [0.15, 0.2) is 0 Å². The summed E-state index contributed by atoms with van der Waals surface area (Å²) in [6, 6.07) is 12.9. The number of ether oxygens (including phenoxy) is 1. The number of nitrogens with one attached hydrogen (secondary N) is 2. The zero-order chi connectivity index (χ0) is 23.3. The predicted molar refractivity (Wildman–Crippen MR) is 118 cm³/mol. The summed E-state index contributed by atoms with van der Waals surface area (Å²) in [5.41, 5.74) is 6.67. The molecule has 0 unspecified atom stereocenters. The first-order chi connectivity index (χ1) is 15.2. The molecule has 0 aliphatic carbocycles. The number of methoxy groups -OCH3 is 1. The van der Waals surface area contributed by atoms with Crippen LogP contribution >= 0.6 is 0 Å². The molecule has 1 aliphatic rings. The summed E-state index contributed by atoms with van der Waals surface area (Å²) in [6.07, 6.45) is 1.09. The van der Waals surface area contributed by atoms with E-state index in [1.807, 2.05) is 30.3 Å². The standard InChI is InChI=1S/C22H26N4O5S/c1-31-22(28)18(14-15-6-3-2-4-7-15)25-21(27)19-8-5-13-26(19)32(29,30)17-11-9-16(10-12-17)20(23)24/h2-4,6-7,9-12,18-19H,5,8,13-14H2,1H3,(H3,23,24)(H,25,27)/t18-,19-/m0/s1. The summed E-state index contributed by atoms with van der Waals surface area (Å²) in [6.45, 7) is 0.191. The number of benzene rings is 2. The summed E-state index contributed by atoms with van der Waals surface area (Å²) in [5.74, 6) is -1.31. The molecule has 3 rings (SSSR count). The Bertz CT molecular complexity index is 1090. The SMILES string of the molecule is COC(=O)[C@H](Cc1ccccc1)NC(=O)[C@@H]1CCCN1S(=O)(=O)c1ccc(C(=N)N)cc1. The Balaban J connectivity index is 1.78. The number of nitrogens with two attached hydrogens (primary N) is 1. The van der Waals surface area contributed by atoms with Crippen LogP contribution in [0.5, 0.6) is 0 Å². The molecule has 170 valence electrons. The summed E-state index contributed by atoms with van der Waals surface area (Å²) in [4.78, 5) is 25.3. The van der Waals surface area contributed by atoms with Crippen LogP contribution in [-0.2, 0) is 30.8 Å². The van der Waals surface area contributed by atoms with Gasteiger partial charge < -0.3 is 15.8 Å². The molecule has 0 bridgehead atoms. The topological polar surface area (TPSA) is 143 Å². The molecule has 4 N–H and O–H groups in total. The van der Waals surface area contributed by atoms with Gasteiger partial charge in [-0.1, -0.05) is 30.3 Å². The Hall–Kier alpha value is -3.24. The number of carbonyl (C=O) groups is 2. The molecule has 10 heteroatoms. The van der Waals surface area contributed by atoms with E-state index in [4.69, 9.17) is 15.9 Å². The molecular weight excluding hydrogens is 432 g/mol. The first-order valence-electron chi connectivity index (χ1n) is 10.1. The van der Waals surface area contributed by atoms with E-state index in [9.17, 15) is 18.0 Å². The van der Waals surface area contributed by atoms with Crippen molar-refractivity contribution in [1.29, 1.82) is 5.41 Å². The summed E-state index contributed by atoms with van der Waals surface area (Å²) in [5, 5.41) is 10.1. The highest BCUT2D eigenvalue weighted by Crippen LogP contribution is 2.26. The van der Waals surface area contributed by atoms with E-state index >= 15 is 0 Å². The van der Waals surface area contributed by atoms with Gasteiger partial charge in [0.2, 0.25) is 15.9 Å². The minimum absolute atomic E-state index is 0.0102. The van der Waals surface area contributed by atoms with Crippen LogP contribution in [0.25, 0.3) is 0 Å². The van der Waals surface area contributed by atoms with Gasteiger partial charge in [0.1, 0.15) is 17.9 Å². The van der Waals surface area contributed by atoms with Gasteiger partial charge in [-0.15, -0.1) is 0 Å². The van der Waals surface area contributed by atoms with Crippen molar-refractivity contribution in [2.75, 3.05) is 13.7 Å². The van der Waals surface area contributed by atoms with Gasteiger partial charge in [-0.25, -0.2) is 13.2 Å². The van der Waals surface area contributed by atoms with E-state index in [2.05, 4.69) is 5.32 Å². The molecule has 0 aromatic heterocycles. The smallest absolute Gasteiger partial charge is 0.328 e. The number of carbonyl (C=O) groups excluding carboxylic acids is 2. The van der Waals surface area contributed by atoms with Crippen LogP contribution in [-0.4, -0.2) is 56.2 Å². The monoisotopic (exact) mass is 458 g/mol. The zero-order valence-electron chi connectivity index (χ0n) is 17.7. The van der Waals surface area contributed by atoms with Gasteiger partial charge in [-0.05, 0) is 42.7 Å². The fraction of sp³-hybridized carbons (Fsp3) is 0.318. The van der Waals surface area contributed by atoms with E-state index in [1.54, 1.807) is 0 Å². The molecule has 1 amide bonds. The van der Waals surface area contributed by atoms with Gasteiger partial charge in [-0.3, -0.25) is 10.2 Å². The summed E-state index contributed by atoms with van der Waals surface area (Å²) >= 11 is 0. The molecule has 1 fully saturated rings. The summed E-state index contributed by atoms with van der Waals surface area (Å²) < 4.78 is 32.3. The second-order valence-electron chi connectivity index (χ2n) is 7.49. The zero-order valence-corrected chi connectivity index (χ0v) is 18.5. The van der Waals surface area contributed by atoms with Crippen LogP contribution in [0.3, 0.4) is 0 Å². The van der Waals surface area contributed by atoms with Crippen LogP contribution < -0.4 is 11.1 Å². The van der Waals surface area contributed by atoms with E-state index in [0.717, 1.165) is 9.87 Å². The lowest BCUT2D eigenvalue weighted by Crippen LogP contribution is -2.51. The number of nitrogens with zero attached hydrogens (tertiary/aromatic N) is 1. The van der Waals surface area contributed by atoms with Crippen molar-refractivity contribution in [3.8, 4) is 0 Å². The Morgan fingerprint density at radius 3 is 2.44 bits per heavy atom. The van der Waals surface area contributed by atoms with E-state index in [-0.39, 0.29) is 23.7 Å². The maximum Gasteiger partial charge on any atom is 0.328 e. The molecule has 1 aliphatic heterocycles. The number of hydrogen-bond acceptors (Lipinski definition) is 6. The minimum Gasteiger partial charge on any atom is -0.467 e. The third-order valence-electron chi connectivity index (χ3n) is 5.36. The quantitative estimate of drug-likeness (QED) is 0.306. The van der Waals surface area contributed by atoms with Crippen LogP contribution in [0.1, 0.15) is 24.0 Å². The Morgan fingerprint density at radius 2 is 1.84 bits per heavy atom. The molecule has 0 radical (unpaired) electrons. The van der Waals surface area contributed by atoms with Crippen LogP contribution in [0, 0.1) is 5.41 Å². The van der Waals surface area contributed by atoms with Gasteiger partial charge in [0.25, 0.3) is 0 Å². The van der Waals surface area contributed by atoms with E-state index in [0.29, 0.717) is 18.4 Å². The maximum absolute atomic E-state index is 13.2. The Kier molecular flexibility index (Phi) is 7.26. The average molecular weight is 459 g/mol. The van der Waals surface area contributed by atoms with E-state index in [1.165, 1.54) is 31.4 Å².